The number of hydrogen-bond donors (Lipinski definition) is 2. The fraction of sp³-hybridized carbons (Fsp3) is 0.700. The van der Waals surface area contributed by atoms with Crippen molar-refractivity contribution in [1.82, 2.24) is 0 Å². The van der Waals surface area contributed by atoms with Gasteiger partial charge in [0.1, 0.15) is 5.78 Å². The summed E-state index contributed by atoms with van der Waals surface area (Å²) in [4.78, 5) is 11.6. The molecule has 0 fully saturated rings. The minimum Gasteiger partial charge on any atom is -0.330 e. The molecule has 0 saturated heterocycles. The first-order valence-electron chi connectivity index (χ1n) is 4.85. The second-order valence-corrected chi connectivity index (χ2v) is 3.65. The van der Waals surface area contributed by atoms with Crippen molar-refractivity contribution in [3.05, 3.63) is 12.2 Å². The number of carbonyl (C=O) groups is 1. The maximum Gasteiger partial charge on any atom is 0.136 e. The molecule has 0 atom stereocenters. The van der Waals surface area contributed by atoms with Gasteiger partial charge in [-0.2, -0.15) is 0 Å². The zero-order valence-electron chi connectivity index (χ0n) is 7.91. The number of rotatable bonds is 5. The Morgan fingerprint density at radius 2 is 1.85 bits per heavy atom. The Labute approximate surface area is 79.2 Å². The number of nitrogens with two attached hydrogens (primary N) is 2. The molecule has 0 aromatic heterocycles. The molecule has 0 saturated carbocycles. The van der Waals surface area contributed by atoms with Crippen LogP contribution in [0.1, 0.15) is 19.3 Å². The average Bonchev–Trinajstić information content (AvgIpc) is 2.66. The van der Waals surface area contributed by atoms with Crippen LogP contribution in [0.3, 0.4) is 0 Å². The summed E-state index contributed by atoms with van der Waals surface area (Å²) < 4.78 is 0. The zero-order chi connectivity index (χ0) is 9.68. The van der Waals surface area contributed by atoms with E-state index in [4.69, 9.17) is 11.5 Å². The highest BCUT2D eigenvalue weighted by molar-refractivity contribution is 5.82. The third-order valence-electron chi connectivity index (χ3n) is 2.62. The molecule has 0 bridgehead atoms. The third-order valence-corrected chi connectivity index (χ3v) is 2.62. The summed E-state index contributed by atoms with van der Waals surface area (Å²) in [5.74, 6) is 0.708. The molecule has 0 aromatic carbocycles. The van der Waals surface area contributed by atoms with E-state index in [-0.39, 0.29) is 11.8 Å². The van der Waals surface area contributed by atoms with Crippen molar-refractivity contribution in [1.29, 1.82) is 0 Å². The largest absolute Gasteiger partial charge is 0.330 e. The van der Waals surface area contributed by atoms with Crippen molar-refractivity contribution >= 4 is 5.78 Å². The molecule has 0 heterocycles. The van der Waals surface area contributed by atoms with E-state index >= 15 is 0 Å². The highest BCUT2D eigenvalue weighted by atomic mass is 16.1. The van der Waals surface area contributed by atoms with Crippen LogP contribution in [0.15, 0.2) is 12.2 Å². The van der Waals surface area contributed by atoms with Crippen molar-refractivity contribution < 1.29 is 4.79 Å². The van der Waals surface area contributed by atoms with E-state index in [2.05, 4.69) is 12.2 Å². The van der Waals surface area contributed by atoms with Gasteiger partial charge in [0.25, 0.3) is 0 Å². The van der Waals surface area contributed by atoms with Crippen LogP contribution < -0.4 is 11.5 Å². The molecule has 74 valence electrons. The molecule has 1 aliphatic carbocycles. The molecule has 0 aromatic rings. The van der Waals surface area contributed by atoms with E-state index in [1.807, 2.05) is 0 Å². The molecule has 0 unspecified atom stereocenters. The van der Waals surface area contributed by atoms with Crippen molar-refractivity contribution in [2.75, 3.05) is 13.1 Å². The minimum atomic E-state index is 0.174. The minimum absolute atomic E-state index is 0.174. The van der Waals surface area contributed by atoms with Crippen LogP contribution in [0.4, 0.5) is 0 Å². The molecular formula is C10H18N2O. The molecule has 0 amide bonds. The maximum atomic E-state index is 11.6. The van der Waals surface area contributed by atoms with Crippen molar-refractivity contribution in [3.8, 4) is 0 Å². The first-order valence-corrected chi connectivity index (χ1v) is 4.85. The molecule has 1 aliphatic rings. The number of ketones is 1. The monoisotopic (exact) mass is 182 g/mol. The van der Waals surface area contributed by atoms with E-state index < -0.39 is 0 Å². The number of carbonyl (C=O) groups excluding carboxylic acids is 1. The summed E-state index contributed by atoms with van der Waals surface area (Å²) in [5.41, 5.74) is 11.0. The van der Waals surface area contributed by atoms with Crippen molar-refractivity contribution in [3.63, 3.8) is 0 Å². The Morgan fingerprint density at radius 3 is 2.31 bits per heavy atom. The lowest BCUT2D eigenvalue weighted by atomic mass is 9.93. The zero-order valence-corrected chi connectivity index (χ0v) is 7.91. The first kappa shape index (κ1) is 10.4. The molecular weight excluding hydrogens is 164 g/mol. The topological polar surface area (TPSA) is 69.1 Å². The SMILES string of the molecule is NCC(CN)CC(=O)C1CC=CC1. The van der Waals surface area contributed by atoms with Crippen LogP contribution in [0.25, 0.3) is 0 Å². The summed E-state index contributed by atoms with van der Waals surface area (Å²) in [5, 5.41) is 0. The van der Waals surface area contributed by atoms with Crippen LogP contribution in [0.5, 0.6) is 0 Å². The van der Waals surface area contributed by atoms with E-state index in [1.54, 1.807) is 0 Å². The lowest BCUT2D eigenvalue weighted by Crippen LogP contribution is -2.27. The van der Waals surface area contributed by atoms with Gasteiger partial charge in [0.2, 0.25) is 0 Å². The summed E-state index contributed by atoms with van der Waals surface area (Å²) in [7, 11) is 0. The fourth-order valence-electron chi connectivity index (χ4n) is 1.59. The van der Waals surface area contributed by atoms with E-state index in [0.29, 0.717) is 25.3 Å². The Balaban J connectivity index is 2.31. The summed E-state index contributed by atoms with van der Waals surface area (Å²) in [6.07, 6.45) is 6.51. The molecule has 1 rings (SSSR count). The van der Waals surface area contributed by atoms with Crippen LogP contribution >= 0.6 is 0 Å². The third kappa shape index (κ3) is 2.94. The van der Waals surface area contributed by atoms with Crippen molar-refractivity contribution in [2.45, 2.75) is 19.3 Å². The van der Waals surface area contributed by atoms with Gasteiger partial charge in [0, 0.05) is 12.3 Å². The highest BCUT2D eigenvalue weighted by Gasteiger charge is 2.21. The predicted octanol–water partition coefficient (Wildman–Crippen LogP) is 0.445. The van der Waals surface area contributed by atoms with Crippen LogP contribution in [-0.2, 0) is 4.79 Å². The van der Waals surface area contributed by atoms with Gasteiger partial charge in [0.15, 0.2) is 0 Å². The summed E-state index contributed by atoms with van der Waals surface area (Å²) >= 11 is 0. The van der Waals surface area contributed by atoms with Gasteiger partial charge >= 0.3 is 0 Å². The molecule has 13 heavy (non-hydrogen) atoms. The molecule has 4 N–H and O–H groups in total. The normalized spacial score (nSPS) is 17.2. The second kappa shape index (κ2) is 5.14. The van der Waals surface area contributed by atoms with E-state index in [1.165, 1.54) is 0 Å². The van der Waals surface area contributed by atoms with Gasteiger partial charge in [-0.3, -0.25) is 4.79 Å². The van der Waals surface area contributed by atoms with Crippen LogP contribution in [-0.4, -0.2) is 18.9 Å². The van der Waals surface area contributed by atoms with E-state index in [9.17, 15) is 4.79 Å². The summed E-state index contributed by atoms with van der Waals surface area (Å²) in [6.45, 7) is 1.03. The number of hydrogen-bond acceptors (Lipinski definition) is 3. The van der Waals surface area contributed by atoms with Gasteiger partial charge in [-0.15, -0.1) is 0 Å². The standard InChI is InChI=1S/C10H18N2O/c11-6-8(7-12)5-10(13)9-3-1-2-4-9/h1-2,8-9H,3-7,11-12H2. The van der Waals surface area contributed by atoms with Crippen LogP contribution in [0.2, 0.25) is 0 Å². The molecule has 3 nitrogen and oxygen atoms in total. The maximum absolute atomic E-state index is 11.6. The smallest absolute Gasteiger partial charge is 0.136 e. The fourth-order valence-corrected chi connectivity index (χ4v) is 1.59. The lowest BCUT2D eigenvalue weighted by molar-refractivity contribution is -0.123. The van der Waals surface area contributed by atoms with Crippen LogP contribution in [0, 0.1) is 11.8 Å². The Hall–Kier alpha value is -0.670. The first-order chi connectivity index (χ1) is 6.27. The summed E-state index contributed by atoms with van der Waals surface area (Å²) in [6, 6.07) is 0. The lowest BCUT2D eigenvalue weighted by Gasteiger charge is -2.13. The van der Waals surface area contributed by atoms with E-state index in [0.717, 1.165) is 12.8 Å². The van der Waals surface area contributed by atoms with Gasteiger partial charge in [-0.1, -0.05) is 12.2 Å². The molecule has 0 radical (unpaired) electrons. The quantitative estimate of drug-likeness (QED) is 0.606. The predicted molar refractivity (Wildman–Crippen MR) is 53.1 cm³/mol. The van der Waals surface area contributed by atoms with Gasteiger partial charge in [-0.25, -0.2) is 0 Å². The molecule has 0 aliphatic heterocycles. The van der Waals surface area contributed by atoms with Gasteiger partial charge in [0.05, 0.1) is 0 Å². The Kier molecular flexibility index (Phi) is 4.12. The molecule has 0 spiro atoms. The molecule has 3 heteroatoms. The highest BCUT2D eigenvalue weighted by Crippen LogP contribution is 2.21. The van der Waals surface area contributed by atoms with Crippen molar-refractivity contribution in [2.24, 2.45) is 23.3 Å². The Bertz CT molecular complexity index is 189. The average molecular weight is 182 g/mol. The number of allylic oxidation sites excluding steroid dienone is 2. The second-order valence-electron chi connectivity index (χ2n) is 3.65. The Morgan fingerprint density at radius 1 is 1.31 bits per heavy atom. The number of Topliss-reactive ketones (excluding diaryl/α,β-unsaturated/α-hetero) is 1. The van der Waals surface area contributed by atoms with Gasteiger partial charge in [-0.05, 0) is 31.8 Å². The van der Waals surface area contributed by atoms with Gasteiger partial charge < -0.3 is 11.5 Å².